The molecule has 4 aromatic rings. The lowest BCUT2D eigenvalue weighted by Crippen LogP contribution is -2.37. The van der Waals surface area contributed by atoms with Crippen molar-refractivity contribution in [3.05, 3.63) is 35.5 Å². The van der Waals surface area contributed by atoms with Gasteiger partial charge in [-0.15, -0.1) is 0 Å². The SMILES string of the molecule is Nc1nc2c(ncn2[C@@H]2O[C@@H]3CO[P@](=O)(S)O[C@H]4C[C@H](n5cnc6cncnc65)C[C@@H]4CNS(=O)(=O)O[C@@H]2C3)c(=O)[nH]1. The Labute approximate surface area is 242 Å². The number of nitrogen functional groups attached to an aromatic ring is 1. The van der Waals surface area contributed by atoms with Crippen LogP contribution in [0.25, 0.3) is 22.3 Å². The van der Waals surface area contributed by atoms with E-state index in [2.05, 4.69) is 46.9 Å². The fourth-order valence-electron chi connectivity index (χ4n) is 5.75. The number of rotatable bonds is 2. The molecule has 7 atom stereocenters. The number of H-pyrrole nitrogens is 1. The fourth-order valence-corrected chi connectivity index (χ4v) is 8.31. The van der Waals surface area contributed by atoms with Crippen molar-refractivity contribution in [2.24, 2.45) is 5.92 Å². The van der Waals surface area contributed by atoms with Gasteiger partial charge in [0.25, 0.3) is 5.56 Å². The van der Waals surface area contributed by atoms with Crippen molar-refractivity contribution in [3.63, 3.8) is 0 Å². The zero-order valence-electron chi connectivity index (χ0n) is 21.6. The Morgan fingerprint density at radius 3 is 2.79 bits per heavy atom. The Bertz CT molecular complexity index is 1880. The highest BCUT2D eigenvalue weighted by Crippen LogP contribution is 2.57. The molecule has 0 spiro atoms. The number of anilines is 1. The molecule has 7 rings (SSSR count). The maximum atomic E-state index is 13.3. The first kappa shape index (κ1) is 27.8. The summed E-state index contributed by atoms with van der Waals surface area (Å²) in [5.74, 6) is -0.576. The van der Waals surface area contributed by atoms with Gasteiger partial charge in [0.2, 0.25) is 5.95 Å². The molecule has 1 aliphatic carbocycles. The summed E-state index contributed by atoms with van der Waals surface area (Å²) in [6.45, 7) is -4.24. The van der Waals surface area contributed by atoms with Crippen LogP contribution in [-0.4, -0.2) is 78.9 Å². The number of nitrogens with zero attached hydrogens (tertiary/aromatic N) is 7. The molecule has 4 aromatic heterocycles. The summed E-state index contributed by atoms with van der Waals surface area (Å²) in [5.41, 5.74) is 6.41. The van der Waals surface area contributed by atoms with Gasteiger partial charge in [-0.1, -0.05) is 12.2 Å². The lowest BCUT2D eigenvalue weighted by Gasteiger charge is -2.25. The largest absolute Gasteiger partial charge is 0.386 e. The van der Waals surface area contributed by atoms with E-state index in [1.807, 2.05) is 4.57 Å². The number of imidazole rings is 2. The molecule has 0 amide bonds. The van der Waals surface area contributed by atoms with Gasteiger partial charge in [-0.2, -0.15) is 18.1 Å². The molecular weight excluding hydrogens is 615 g/mol. The monoisotopic (exact) mass is 640 g/mol. The number of hydrogen-bond acceptors (Lipinski definition) is 14. The van der Waals surface area contributed by atoms with Gasteiger partial charge >= 0.3 is 17.1 Å². The third-order valence-corrected chi connectivity index (χ3v) is 10.2. The van der Waals surface area contributed by atoms with E-state index in [0.717, 1.165) is 0 Å². The van der Waals surface area contributed by atoms with Crippen LogP contribution in [0.5, 0.6) is 0 Å². The second kappa shape index (κ2) is 10.3. The molecule has 21 heteroatoms. The number of hydrogen-bond donors (Lipinski definition) is 4. The molecule has 2 bridgehead atoms. The molecule has 2 aliphatic heterocycles. The molecule has 42 heavy (non-hydrogen) atoms. The molecule has 6 heterocycles. The normalized spacial score (nSPS) is 33.6. The topological polar surface area (TPSA) is 233 Å². The number of aromatic amines is 1. The first-order chi connectivity index (χ1) is 20.1. The van der Waals surface area contributed by atoms with E-state index >= 15 is 0 Å². The summed E-state index contributed by atoms with van der Waals surface area (Å²) in [5, 5.41) is 0. The second-order valence-corrected chi connectivity index (χ2v) is 14.5. The fraction of sp³-hybridized carbons (Fsp3) is 0.524. The molecular formula is C21H25N10O8PS2. The van der Waals surface area contributed by atoms with Gasteiger partial charge in [-0.25, -0.2) is 28.7 Å². The summed E-state index contributed by atoms with van der Waals surface area (Å²) in [6.07, 6.45) is 3.18. The van der Waals surface area contributed by atoms with Crippen LogP contribution >= 0.6 is 19.0 Å². The molecule has 0 aromatic carbocycles. The molecule has 224 valence electrons. The van der Waals surface area contributed by atoms with Crippen molar-refractivity contribution in [2.75, 3.05) is 18.9 Å². The number of aromatic nitrogens is 8. The minimum Gasteiger partial charge on any atom is -0.369 e. The zero-order chi connectivity index (χ0) is 29.2. The van der Waals surface area contributed by atoms with E-state index in [4.69, 9.17) is 23.7 Å². The molecule has 4 N–H and O–H groups in total. The predicted octanol–water partition coefficient (Wildman–Crippen LogP) is 0.453. The van der Waals surface area contributed by atoms with Gasteiger partial charge in [0.1, 0.15) is 17.9 Å². The highest BCUT2D eigenvalue weighted by molar-refractivity contribution is 8.44. The highest BCUT2D eigenvalue weighted by Gasteiger charge is 2.45. The summed E-state index contributed by atoms with van der Waals surface area (Å²) < 4.78 is 68.5. The van der Waals surface area contributed by atoms with Gasteiger partial charge in [0.05, 0.1) is 37.7 Å². The van der Waals surface area contributed by atoms with Crippen LogP contribution in [0.2, 0.25) is 0 Å². The minimum atomic E-state index is -4.32. The Hall–Kier alpha value is -2.97. The first-order valence-corrected chi connectivity index (χ1v) is 17.0. The molecule has 18 nitrogen and oxygen atoms in total. The highest BCUT2D eigenvalue weighted by atomic mass is 32.7. The lowest BCUT2D eigenvalue weighted by molar-refractivity contribution is -0.0419. The van der Waals surface area contributed by atoms with Crippen LogP contribution in [0.1, 0.15) is 31.5 Å². The lowest BCUT2D eigenvalue weighted by atomic mass is 10.1. The predicted molar refractivity (Wildman–Crippen MR) is 147 cm³/mol. The molecule has 0 radical (unpaired) electrons. The number of fused-ring (bicyclic) bond motifs is 5. The van der Waals surface area contributed by atoms with Gasteiger partial charge < -0.3 is 15.0 Å². The van der Waals surface area contributed by atoms with E-state index in [0.29, 0.717) is 24.0 Å². The summed E-state index contributed by atoms with van der Waals surface area (Å²) in [6, 6.07) is -0.187. The zero-order valence-corrected chi connectivity index (χ0v) is 24.2. The third kappa shape index (κ3) is 5.21. The average molecular weight is 641 g/mol. The van der Waals surface area contributed by atoms with Crippen LogP contribution in [0.4, 0.5) is 5.95 Å². The molecule has 0 unspecified atom stereocenters. The molecule has 3 aliphatic rings. The minimum absolute atomic E-state index is 0.0196. The van der Waals surface area contributed by atoms with Crippen molar-refractivity contribution in [1.82, 2.24) is 43.8 Å². The summed E-state index contributed by atoms with van der Waals surface area (Å²) in [7, 11) is -4.32. The van der Waals surface area contributed by atoms with Crippen LogP contribution in [-0.2, 0) is 32.8 Å². The van der Waals surface area contributed by atoms with Crippen LogP contribution in [0, 0.1) is 5.92 Å². The summed E-state index contributed by atoms with van der Waals surface area (Å²) in [4.78, 5) is 35.5. The van der Waals surface area contributed by atoms with E-state index in [1.54, 1.807) is 12.5 Å². The number of thiol groups is 1. The smallest absolute Gasteiger partial charge is 0.369 e. The van der Waals surface area contributed by atoms with Crippen LogP contribution in [0.3, 0.4) is 0 Å². The molecule has 1 saturated carbocycles. The Balaban J connectivity index is 1.17. The Kier molecular flexibility index (Phi) is 6.85. The van der Waals surface area contributed by atoms with Crippen LogP contribution < -0.4 is 16.0 Å². The Morgan fingerprint density at radius 1 is 1.10 bits per heavy atom. The maximum absolute atomic E-state index is 13.3. The van der Waals surface area contributed by atoms with E-state index < -0.39 is 53.1 Å². The first-order valence-electron chi connectivity index (χ1n) is 12.9. The second-order valence-electron chi connectivity index (χ2n) is 10.3. The molecule has 3 fully saturated rings. The van der Waals surface area contributed by atoms with E-state index in [-0.39, 0.29) is 42.7 Å². The average Bonchev–Trinajstić information content (AvgIpc) is 3.70. The van der Waals surface area contributed by atoms with Gasteiger partial charge in [0, 0.05) is 24.9 Å². The summed E-state index contributed by atoms with van der Waals surface area (Å²) >= 11 is 4.20. The van der Waals surface area contributed by atoms with Gasteiger partial charge in [-0.3, -0.25) is 23.4 Å². The van der Waals surface area contributed by atoms with E-state index in [1.165, 1.54) is 17.2 Å². The van der Waals surface area contributed by atoms with Gasteiger partial charge in [0.15, 0.2) is 23.0 Å². The van der Waals surface area contributed by atoms with E-state index in [9.17, 15) is 17.8 Å². The molecule has 2 saturated heterocycles. The van der Waals surface area contributed by atoms with Crippen molar-refractivity contribution < 1.29 is 31.0 Å². The van der Waals surface area contributed by atoms with Crippen molar-refractivity contribution in [2.45, 2.75) is 49.8 Å². The number of nitrogens with one attached hydrogen (secondary N) is 2. The van der Waals surface area contributed by atoms with Crippen LogP contribution in [0.15, 0.2) is 30.0 Å². The standard InChI is InChI=1S/C21H25N10O8PS2/c22-21-28-18-16(19(32)29-21)26-9-31(18)20-15-3-12(37-20)6-36-40(33,41)38-14-2-11(1-10(14)4-27-42(34,35)39-15)30-8-25-13-5-23-7-24-17(13)30/h5,7-12,14-15,20,27H,1-4,6H2,(H,33,41)(H3,22,28,29,32)/t10-,11-,12+,14+,15-,20-,40+/m1/s1. The quantitative estimate of drug-likeness (QED) is 0.172. The Morgan fingerprint density at radius 2 is 1.93 bits per heavy atom. The van der Waals surface area contributed by atoms with Crippen molar-refractivity contribution >= 4 is 57.6 Å². The third-order valence-electron chi connectivity index (χ3n) is 7.57. The van der Waals surface area contributed by atoms with Crippen molar-refractivity contribution in [3.8, 4) is 0 Å². The number of ether oxygens (including phenoxy) is 1. The van der Waals surface area contributed by atoms with Gasteiger partial charge in [-0.05, 0) is 12.8 Å². The number of nitrogens with two attached hydrogens (primary N) is 1. The maximum Gasteiger partial charge on any atom is 0.386 e. The van der Waals surface area contributed by atoms with Crippen molar-refractivity contribution in [1.29, 1.82) is 0 Å².